The van der Waals surface area contributed by atoms with Crippen LogP contribution in [-0.2, 0) is 19.1 Å². The number of hydrogen-bond acceptors (Lipinski definition) is 4. The summed E-state index contributed by atoms with van der Waals surface area (Å²) in [4.78, 5) is 25.0. The average molecular weight is 379 g/mol. The third-order valence-corrected chi connectivity index (χ3v) is 6.34. The number of methoxy groups -OCH3 is 1. The lowest BCUT2D eigenvalue weighted by Crippen LogP contribution is -2.58. The fraction of sp³-hybridized carbons (Fsp3) is 0.882. The number of amides is 1. The van der Waals surface area contributed by atoms with Crippen molar-refractivity contribution in [1.82, 2.24) is 4.90 Å². The van der Waals surface area contributed by atoms with E-state index in [9.17, 15) is 27.9 Å². The fourth-order valence-electron chi connectivity index (χ4n) is 5.15. The molecule has 0 radical (unpaired) electrons. The van der Waals surface area contributed by atoms with E-state index < -0.39 is 41.7 Å². The zero-order valence-corrected chi connectivity index (χ0v) is 14.6. The van der Waals surface area contributed by atoms with Crippen LogP contribution in [0.2, 0.25) is 0 Å². The normalized spacial score (nSPS) is 37.4. The van der Waals surface area contributed by atoms with Crippen molar-refractivity contribution >= 4 is 11.9 Å². The van der Waals surface area contributed by atoms with Gasteiger partial charge in [-0.1, -0.05) is 6.42 Å². The lowest BCUT2D eigenvalue weighted by Gasteiger charge is -2.42. The molecule has 26 heavy (non-hydrogen) atoms. The maximum atomic E-state index is 13.3. The quantitative estimate of drug-likeness (QED) is 0.811. The van der Waals surface area contributed by atoms with Gasteiger partial charge in [0.05, 0.1) is 18.1 Å². The third kappa shape index (κ3) is 3.19. The number of carbonyl (C=O) groups excluding carboxylic acids is 1. The van der Waals surface area contributed by atoms with Gasteiger partial charge in [-0.15, -0.1) is 0 Å². The zero-order chi connectivity index (χ0) is 19.1. The standard InChI is InChI=1S/C17H24F3NO5/c1-25-13-9-26-6-4-12(13)21(14(22)17(18,19)20)11-7-10-3-2-5-16(10,8-11)15(23)24/h10-13H,2-9H2,1H3,(H,23,24)/t10?,11?,12-,13+,16?/m0/s1. The van der Waals surface area contributed by atoms with Crippen molar-refractivity contribution in [2.45, 2.75) is 62.9 Å². The van der Waals surface area contributed by atoms with E-state index >= 15 is 0 Å². The Balaban J connectivity index is 1.92. The molecule has 3 aliphatic rings. The van der Waals surface area contributed by atoms with Crippen molar-refractivity contribution in [3.63, 3.8) is 0 Å². The highest BCUT2D eigenvalue weighted by Gasteiger charge is 2.59. The Hall–Kier alpha value is -1.35. The lowest BCUT2D eigenvalue weighted by molar-refractivity contribution is -0.197. The molecule has 148 valence electrons. The third-order valence-electron chi connectivity index (χ3n) is 6.34. The second kappa shape index (κ2) is 6.99. The molecule has 1 N–H and O–H groups in total. The van der Waals surface area contributed by atoms with Crippen molar-refractivity contribution in [1.29, 1.82) is 0 Å². The van der Waals surface area contributed by atoms with Crippen LogP contribution >= 0.6 is 0 Å². The van der Waals surface area contributed by atoms with Crippen LogP contribution in [0.3, 0.4) is 0 Å². The molecule has 5 atom stereocenters. The number of carboxylic acids is 1. The molecular weight excluding hydrogens is 355 g/mol. The second-order valence-electron chi connectivity index (χ2n) is 7.56. The van der Waals surface area contributed by atoms with Gasteiger partial charge < -0.3 is 19.5 Å². The van der Waals surface area contributed by atoms with Gasteiger partial charge in [0.15, 0.2) is 0 Å². The number of ether oxygens (including phenoxy) is 2. The summed E-state index contributed by atoms with van der Waals surface area (Å²) in [6, 6.07) is -1.51. The lowest BCUT2D eigenvalue weighted by atomic mass is 9.80. The number of carboxylic acid groups (broad SMARTS) is 1. The van der Waals surface area contributed by atoms with E-state index in [4.69, 9.17) is 9.47 Å². The number of fused-ring (bicyclic) bond motifs is 1. The van der Waals surface area contributed by atoms with E-state index in [0.717, 1.165) is 11.3 Å². The van der Waals surface area contributed by atoms with Crippen molar-refractivity contribution in [2.75, 3.05) is 20.3 Å². The van der Waals surface area contributed by atoms with Crippen LogP contribution < -0.4 is 0 Å². The van der Waals surface area contributed by atoms with Crippen molar-refractivity contribution in [3.05, 3.63) is 0 Å². The number of rotatable bonds is 4. The molecule has 1 saturated heterocycles. The molecule has 0 bridgehead atoms. The number of nitrogens with zero attached hydrogens (tertiary/aromatic N) is 1. The van der Waals surface area contributed by atoms with Crippen LogP contribution in [0.25, 0.3) is 0 Å². The first-order valence-corrected chi connectivity index (χ1v) is 8.94. The molecule has 1 amide bonds. The highest BCUT2D eigenvalue weighted by molar-refractivity contribution is 5.83. The van der Waals surface area contributed by atoms with Gasteiger partial charge in [0, 0.05) is 19.8 Å². The fourth-order valence-corrected chi connectivity index (χ4v) is 5.15. The van der Waals surface area contributed by atoms with E-state index in [2.05, 4.69) is 0 Å². The molecule has 6 nitrogen and oxygen atoms in total. The summed E-state index contributed by atoms with van der Waals surface area (Å²) in [7, 11) is 1.38. The van der Waals surface area contributed by atoms with Crippen LogP contribution in [0.15, 0.2) is 0 Å². The number of halogens is 3. The molecule has 0 aromatic heterocycles. The van der Waals surface area contributed by atoms with E-state index in [-0.39, 0.29) is 32.0 Å². The average Bonchev–Trinajstić information content (AvgIpc) is 3.13. The van der Waals surface area contributed by atoms with Crippen molar-refractivity contribution < 1.29 is 37.3 Å². The summed E-state index contributed by atoms with van der Waals surface area (Å²) >= 11 is 0. The minimum absolute atomic E-state index is 0.0720. The summed E-state index contributed by atoms with van der Waals surface area (Å²) < 4.78 is 50.5. The van der Waals surface area contributed by atoms with Crippen molar-refractivity contribution in [2.24, 2.45) is 11.3 Å². The molecule has 3 fully saturated rings. The van der Waals surface area contributed by atoms with Crippen LogP contribution in [-0.4, -0.2) is 66.6 Å². The van der Waals surface area contributed by atoms with Gasteiger partial charge in [-0.05, 0) is 38.0 Å². The molecule has 2 aliphatic carbocycles. The topological polar surface area (TPSA) is 76.1 Å². The molecule has 0 aromatic carbocycles. The Morgan fingerprint density at radius 3 is 2.62 bits per heavy atom. The van der Waals surface area contributed by atoms with Gasteiger partial charge in [-0.2, -0.15) is 13.2 Å². The maximum absolute atomic E-state index is 13.3. The van der Waals surface area contributed by atoms with Gasteiger partial charge in [-0.25, -0.2) is 0 Å². The largest absolute Gasteiger partial charge is 0.481 e. The maximum Gasteiger partial charge on any atom is 0.471 e. The molecule has 3 rings (SSSR count). The van der Waals surface area contributed by atoms with Crippen LogP contribution in [0.1, 0.15) is 38.5 Å². The van der Waals surface area contributed by atoms with Crippen LogP contribution in [0.5, 0.6) is 0 Å². The van der Waals surface area contributed by atoms with Gasteiger partial charge in [0.2, 0.25) is 0 Å². The Morgan fingerprint density at radius 2 is 2.04 bits per heavy atom. The van der Waals surface area contributed by atoms with Gasteiger partial charge in [-0.3, -0.25) is 9.59 Å². The Morgan fingerprint density at radius 1 is 1.31 bits per heavy atom. The summed E-state index contributed by atoms with van der Waals surface area (Å²) in [5, 5.41) is 9.71. The first-order valence-electron chi connectivity index (χ1n) is 8.94. The Bertz CT molecular complexity index is 569. The molecule has 0 spiro atoms. The van der Waals surface area contributed by atoms with Gasteiger partial charge in [0.1, 0.15) is 6.10 Å². The summed E-state index contributed by atoms with van der Waals surface area (Å²) in [6.07, 6.45) is -3.17. The summed E-state index contributed by atoms with van der Waals surface area (Å²) in [5.41, 5.74) is -1.01. The van der Waals surface area contributed by atoms with Gasteiger partial charge >= 0.3 is 18.1 Å². The summed E-state index contributed by atoms with van der Waals surface area (Å²) in [5.74, 6) is -3.05. The predicted octanol–water partition coefficient (Wildman–Crippen LogP) is 2.21. The number of hydrogen-bond donors (Lipinski definition) is 1. The minimum Gasteiger partial charge on any atom is -0.481 e. The van der Waals surface area contributed by atoms with E-state index in [0.29, 0.717) is 19.3 Å². The smallest absolute Gasteiger partial charge is 0.471 e. The first-order chi connectivity index (χ1) is 12.2. The second-order valence-corrected chi connectivity index (χ2v) is 7.56. The molecule has 0 aromatic rings. The van der Waals surface area contributed by atoms with Crippen molar-refractivity contribution in [3.8, 4) is 0 Å². The number of aliphatic carboxylic acids is 1. The SMILES string of the molecule is CO[C@@H]1COCC[C@@H]1N(C(=O)C(F)(F)F)C1CC2CCCC2(C(=O)O)C1. The molecule has 1 heterocycles. The van der Waals surface area contributed by atoms with E-state index in [1.54, 1.807) is 0 Å². The molecule has 1 aliphatic heterocycles. The van der Waals surface area contributed by atoms with Crippen LogP contribution in [0.4, 0.5) is 13.2 Å². The molecule has 3 unspecified atom stereocenters. The monoisotopic (exact) mass is 379 g/mol. The summed E-state index contributed by atoms with van der Waals surface area (Å²) in [6.45, 7) is 0.357. The van der Waals surface area contributed by atoms with Gasteiger partial charge in [0.25, 0.3) is 0 Å². The zero-order valence-electron chi connectivity index (χ0n) is 14.6. The Kier molecular flexibility index (Phi) is 5.22. The molecular formula is C17H24F3NO5. The molecule has 9 heteroatoms. The first kappa shape index (κ1) is 19.4. The highest BCUT2D eigenvalue weighted by Crippen LogP contribution is 2.56. The number of carbonyl (C=O) groups is 2. The van der Waals surface area contributed by atoms with E-state index in [1.807, 2.05) is 0 Å². The van der Waals surface area contributed by atoms with Crippen LogP contribution in [0, 0.1) is 11.3 Å². The number of alkyl halides is 3. The Labute approximate surface area is 149 Å². The van der Waals surface area contributed by atoms with E-state index in [1.165, 1.54) is 7.11 Å². The predicted molar refractivity (Wildman–Crippen MR) is 83.4 cm³/mol. The molecule has 2 saturated carbocycles. The minimum atomic E-state index is -5.01. The highest BCUT2D eigenvalue weighted by atomic mass is 19.4.